The monoisotopic (exact) mass is 294 g/mol. The number of fused-ring (bicyclic) bond motifs is 1. The Bertz CT molecular complexity index is 778. The molecular formula is C14H9F3N2O2. The molecule has 1 aromatic carbocycles. The van der Waals surface area contributed by atoms with Gasteiger partial charge in [0, 0.05) is 30.4 Å². The Hall–Kier alpha value is -2.57. The topological polar surface area (TPSA) is 53.2 Å². The highest BCUT2D eigenvalue weighted by Gasteiger charge is 2.31. The molecule has 0 fully saturated rings. The van der Waals surface area contributed by atoms with E-state index in [1.807, 2.05) is 0 Å². The molecular weight excluding hydrogens is 285 g/mol. The molecule has 1 amide bonds. The van der Waals surface area contributed by atoms with Gasteiger partial charge in [-0.2, -0.15) is 0 Å². The summed E-state index contributed by atoms with van der Waals surface area (Å²) in [5.41, 5.74) is -0.485. The van der Waals surface area contributed by atoms with E-state index in [9.17, 15) is 22.8 Å². The van der Waals surface area contributed by atoms with E-state index in [0.29, 0.717) is 17.7 Å². The zero-order chi connectivity index (χ0) is 15.1. The van der Waals surface area contributed by atoms with E-state index in [1.165, 1.54) is 6.20 Å². The second-order valence-corrected chi connectivity index (χ2v) is 4.72. The molecule has 3 rings (SSSR count). The number of carbonyl (C=O) groups is 1. The SMILES string of the molecule is O=C1c2c(cc[nH]c2=O)CN1Cc1c(F)cc(F)cc1F. The third kappa shape index (κ3) is 2.20. The summed E-state index contributed by atoms with van der Waals surface area (Å²) < 4.78 is 40.1. The van der Waals surface area contributed by atoms with Gasteiger partial charge in [0.2, 0.25) is 0 Å². The highest BCUT2D eigenvalue weighted by Crippen LogP contribution is 2.24. The van der Waals surface area contributed by atoms with Crippen molar-refractivity contribution in [3.63, 3.8) is 0 Å². The molecule has 0 saturated heterocycles. The fourth-order valence-electron chi connectivity index (χ4n) is 2.36. The summed E-state index contributed by atoms with van der Waals surface area (Å²) in [4.78, 5) is 27.2. The van der Waals surface area contributed by atoms with Crippen LogP contribution >= 0.6 is 0 Å². The van der Waals surface area contributed by atoms with Crippen LogP contribution in [-0.4, -0.2) is 15.8 Å². The normalized spacial score (nSPS) is 13.7. The second-order valence-electron chi connectivity index (χ2n) is 4.72. The van der Waals surface area contributed by atoms with E-state index in [1.54, 1.807) is 6.07 Å². The summed E-state index contributed by atoms with van der Waals surface area (Å²) >= 11 is 0. The molecule has 0 radical (unpaired) electrons. The van der Waals surface area contributed by atoms with Gasteiger partial charge in [-0.25, -0.2) is 13.2 Å². The highest BCUT2D eigenvalue weighted by atomic mass is 19.1. The van der Waals surface area contributed by atoms with Gasteiger partial charge in [-0.1, -0.05) is 0 Å². The average Bonchev–Trinajstić information content (AvgIpc) is 2.72. The standard InChI is InChI=1S/C14H9F3N2O2/c15-8-3-10(16)9(11(17)4-8)6-19-5-7-1-2-18-13(20)12(7)14(19)21/h1-4H,5-6H2,(H,18,20). The molecule has 7 heteroatoms. The van der Waals surface area contributed by atoms with Crippen LogP contribution in [0.3, 0.4) is 0 Å². The lowest BCUT2D eigenvalue weighted by Crippen LogP contribution is -2.27. The van der Waals surface area contributed by atoms with E-state index in [2.05, 4.69) is 4.98 Å². The van der Waals surface area contributed by atoms with Crippen molar-refractivity contribution in [3.05, 3.63) is 68.9 Å². The zero-order valence-electron chi connectivity index (χ0n) is 10.6. The maximum atomic E-state index is 13.6. The Kier molecular flexibility index (Phi) is 3.04. The van der Waals surface area contributed by atoms with Crippen molar-refractivity contribution in [2.24, 2.45) is 0 Å². The summed E-state index contributed by atoms with van der Waals surface area (Å²) in [6.07, 6.45) is 1.40. The number of hydrogen-bond acceptors (Lipinski definition) is 2. The number of hydrogen-bond donors (Lipinski definition) is 1. The molecule has 0 unspecified atom stereocenters. The molecule has 0 aliphatic carbocycles. The van der Waals surface area contributed by atoms with Crippen molar-refractivity contribution in [2.45, 2.75) is 13.1 Å². The smallest absolute Gasteiger partial charge is 0.261 e. The molecule has 21 heavy (non-hydrogen) atoms. The minimum atomic E-state index is -1.06. The van der Waals surface area contributed by atoms with Crippen molar-refractivity contribution in [1.29, 1.82) is 0 Å². The molecule has 108 valence electrons. The van der Waals surface area contributed by atoms with Gasteiger partial charge < -0.3 is 9.88 Å². The first-order valence-corrected chi connectivity index (χ1v) is 6.10. The third-order valence-electron chi connectivity index (χ3n) is 3.36. The maximum Gasteiger partial charge on any atom is 0.261 e. The Morgan fingerprint density at radius 2 is 1.81 bits per heavy atom. The summed E-state index contributed by atoms with van der Waals surface area (Å²) in [7, 11) is 0. The van der Waals surface area contributed by atoms with Crippen LogP contribution < -0.4 is 5.56 Å². The predicted octanol–water partition coefficient (Wildman–Crippen LogP) is 1.95. The largest absolute Gasteiger partial charge is 0.330 e. The molecule has 2 heterocycles. The Morgan fingerprint density at radius 3 is 2.43 bits per heavy atom. The number of pyridine rings is 1. The first kappa shape index (κ1) is 13.4. The Labute approximate surface area is 116 Å². The fraction of sp³-hybridized carbons (Fsp3) is 0.143. The van der Waals surface area contributed by atoms with Gasteiger partial charge in [-0.15, -0.1) is 0 Å². The number of aromatic nitrogens is 1. The van der Waals surface area contributed by atoms with Crippen LogP contribution in [0.2, 0.25) is 0 Å². The zero-order valence-corrected chi connectivity index (χ0v) is 10.6. The Balaban J connectivity index is 1.94. The molecule has 1 aliphatic heterocycles. The lowest BCUT2D eigenvalue weighted by atomic mass is 10.2. The van der Waals surface area contributed by atoms with Gasteiger partial charge >= 0.3 is 0 Å². The van der Waals surface area contributed by atoms with Crippen LogP contribution in [0.5, 0.6) is 0 Å². The van der Waals surface area contributed by atoms with E-state index in [4.69, 9.17) is 0 Å². The van der Waals surface area contributed by atoms with Gasteiger partial charge in [0.1, 0.15) is 23.0 Å². The molecule has 0 atom stereocenters. The van der Waals surface area contributed by atoms with Crippen LogP contribution in [0.4, 0.5) is 13.2 Å². The van der Waals surface area contributed by atoms with Crippen LogP contribution in [-0.2, 0) is 13.1 Å². The number of carbonyl (C=O) groups excluding carboxylic acids is 1. The lowest BCUT2D eigenvalue weighted by molar-refractivity contribution is 0.0762. The van der Waals surface area contributed by atoms with Crippen molar-refractivity contribution in [3.8, 4) is 0 Å². The molecule has 4 nitrogen and oxygen atoms in total. The first-order chi connectivity index (χ1) is 9.97. The predicted molar refractivity (Wildman–Crippen MR) is 67.0 cm³/mol. The van der Waals surface area contributed by atoms with Crippen molar-refractivity contribution in [2.75, 3.05) is 0 Å². The molecule has 0 bridgehead atoms. The van der Waals surface area contributed by atoms with E-state index >= 15 is 0 Å². The van der Waals surface area contributed by atoms with Crippen LogP contribution in [0.25, 0.3) is 0 Å². The number of nitrogens with zero attached hydrogens (tertiary/aromatic N) is 1. The van der Waals surface area contributed by atoms with Gasteiger partial charge in [0.05, 0.1) is 6.54 Å². The number of benzene rings is 1. The number of rotatable bonds is 2. The van der Waals surface area contributed by atoms with E-state index < -0.39 is 34.5 Å². The molecule has 0 spiro atoms. The fourth-order valence-corrected chi connectivity index (χ4v) is 2.36. The third-order valence-corrected chi connectivity index (χ3v) is 3.36. The van der Waals surface area contributed by atoms with Crippen molar-refractivity contribution >= 4 is 5.91 Å². The van der Waals surface area contributed by atoms with Gasteiger partial charge in [0.15, 0.2) is 0 Å². The van der Waals surface area contributed by atoms with Gasteiger partial charge in [0.25, 0.3) is 11.5 Å². The molecule has 1 aromatic heterocycles. The summed E-state index contributed by atoms with van der Waals surface area (Å²) in [5, 5.41) is 0. The van der Waals surface area contributed by atoms with Gasteiger partial charge in [-0.3, -0.25) is 9.59 Å². The van der Waals surface area contributed by atoms with E-state index in [0.717, 1.165) is 4.90 Å². The maximum absolute atomic E-state index is 13.6. The highest BCUT2D eigenvalue weighted by molar-refractivity contribution is 5.97. The number of H-pyrrole nitrogens is 1. The number of halogens is 3. The van der Waals surface area contributed by atoms with Crippen molar-refractivity contribution < 1.29 is 18.0 Å². The molecule has 1 aliphatic rings. The number of aromatic amines is 1. The quantitative estimate of drug-likeness (QED) is 0.920. The minimum absolute atomic E-state index is 0.0274. The Morgan fingerprint density at radius 1 is 1.14 bits per heavy atom. The van der Waals surface area contributed by atoms with E-state index in [-0.39, 0.29) is 18.7 Å². The molecule has 1 N–H and O–H groups in total. The minimum Gasteiger partial charge on any atom is -0.330 e. The first-order valence-electron chi connectivity index (χ1n) is 6.10. The lowest BCUT2D eigenvalue weighted by Gasteiger charge is -2.16. The van der Waals surface area contributed by atoms with Gasteiger partial charge in [-0.05, 0) is 11.6 Å². The number of nitrogens with one attached hydrogen (secondary N) is 1. The molecule has 2 aromatic rings. The van der Waals surface area contributed by atoms with Crippen molar-refractivity contribution in [1.82, 2.24) is 9.88 Å². The second kappa shape index (κ2) is 4.76. The van der Waals surface area contributed by atoms with Crippen LogP contribution in [0.1, 0.15) is 21.5 Å². The summed E-state index contributed by atoms with van der Waals surface area (Å²) in [6.45, 7) is -0.292. The van der Waals surface area contributed by atoms with Crippen LogP contribution in [0, 0.1) is 17.5 Å². The molecule has 0 saturated carbocycles. The van der Waals surface area contributed by atoms with Crippen LogP contribution in [0.15, 0.2) is 29.2 Å². The average molecular weight is 294 g/mol. The summed E-state index contributed by atoms with van der Waals surface area (Å²) in [6, 6.07) is 2.67. The summed E-state index contributed by atoms with van der Waals surface area (Å²) in [5.74, 6) is -3.76. The number of amides is 1.